The second-order valence-electron chi connectivity index (χ2n) is 4.17. The molecule has 2 amide bonds. The van der Waals surface area contributed by atoms with Gasteiger partial charge in [0, 0.05) is 19.1 Å². The fourth-order valence-electron chi connectivity index (χ4n) is 1.47. The molecule has 1 aromatic rings. The van der Waals surface area contributed by atoms with E-state index in [9.17, 15) is 19.7 Å². The Bertz CT molecular complexity index is 528. The topological polar surface area (TPSA) is 101 Å². The van der Waals surface area contributed by atoms with Gasteiger partial charge in [-0.1, -0.05) is 6.07 Å². The monoisotopic (exact) mass is 265 g/mol. The number of rotatable bonds is 4. The van der Waals surface area contributed by atoms with E-state index in [2.05, 4.69) is 10.6 Å². The first kappa shape index (κ1) is 14.6. The van der Waals surface area contributed by atoms with Crippen LogP contribution >= 0.6 is 0 Å². The van der Waals surface area contributed by atoms with E-state index in [-0.39, 0.29) is 11.6 Å². The molecule has 0 saturated carbocycles. The van der Waals surface area contributed by atoms with Gasteiger partial charge in [0.25, 0.3) is 5.69 Å². The molecule has 0 heterocycles. The van der Waals surface area contributed by atoms with Crippen molar-refractivity contribution in [1.29, 1.82) is 0 Å². The van der Waals surface area contributed by atoms with Crippen molar-refractivity contribution >= 4 is 23.2 Å². The lowest BCUT2D eigenvalue weighted by Gasteiger charge is -2.14. The second-order valence-corrected chi connectivity index (χ2v) is 4.17. The number of amides is 2. The van der Waals surface area contributed by atoms with Gasteiger partial charge in [-0.05, 0) is 19.4 Å². The Balaban J connectivity index is 2.86. The Labute approximate surface area is 110 Å². The summed E-state index contributed by atoms with van der Waals surface area (Å²) < 4.78 is 0. The highest BCUT2D eigenvalue weighted by Gasteiger charge is 2.16. The molecule has 0 saturated heterocycles. The third-order valence-electron chi connectivity index (χ3n) is 2.50. The predicted octanol–water partition coefficient (Wildman–Crippen LogP) is 1.37. The van der Waals surface area contributed by atoms with E-state index < -0.39 is 16.9 Å². The van der Waals surface area contributed by atoms with Gasteiger partial charge in [-0.3, -0.25) is 19.7 Å². The van der Waals surface area contributed by atoms with Crippen LogP contribution in [0.1, 0.15) is 19.4 Å². The lowest BCUT2D eigenvalue weighted by Crippen LogP contribution is -2.40. The Kier molecular flexibility index (Phi) is 4.57. The molecule has 1 atom stereocenters. The van der Waals surface area contributed by atoms with Crippen LogP contribution in [0.3, 0.4) is 0 Å². The number of nitrogens with one attached hydrogen (secondary N) is 2. The third kappa shape index (κ3) is 4.06. The minimum absolute atomic E-state index is 0.104. The van der Waals surface area contributed by atoms with Crippen molar-refractivity contribution in [2.24, 2.45) is 0 Å². The molecule has 7 nitrogen and oxygen atoms in total. The Morgan fingerprint density at radius 2 is 2.00 bits per heavy atom. The van der Waals surface area contributed by atoms with Crippen LogP contribution in [0, 0.1) is 17.0 Å². The predicted molar refractivity (Wildman–Crippen MR) is 69.7 cm³/mol. The number of benzene rings is 1. The SMILES string of the molecule is CC(=O)NC(C)C(=O)Nc1cc([N+](=O)[O-])ccc1C. The van der Waals surface area contributed by atoms with Crippen molar-refractivity contribution in [3.05, 3.63) is 33.9 Å². The number of anilines is 1. The Hall–Kier alpha value is -2.44. The molecule has 0 aromatic heterocycles. The fourth-order valence-corrected chi connectivity index (χ4v) is 1.47. The van der Waals surface area contributed by atoms with E-state index in [4.69, 9.17) is 0 Å². The minimum atomic E-state index is -0.712. The van der Waals surface area contributed by atoms with E-state index in [1.165, 1.54) is 26.0 Å². The molecule has 0 spiro atoms. The number of non-ortho nitro benzene ring substituents is 1. The standard InChI is InChI=1S/C12H15N3O4/c1-7-4-5-10(15(18)19)6-11(7)14-12(17)8(2)13-9(3)16/h4-6,8H,1-3H3,(H,13,16)(H,14,17). The fraction of sp³-hybridized carbons (Fsp3) is 0.333. The molecule has 1 aromatic carbocycles. The first-order valence-electron chi connectivity index (χ1n) is 5.64. The first-order valence-corrected chi connectivity index (χ1v) is 5.64. The summed E-state index contributed by atoms with van der Waals surface area (Å²) in [6.07, 6.45) is 0. The van der Waals surface area contributed by atoms with Gasteiger partial charge in [0.2, 0.25) is 11.8 Å². The average molecular weight is 265 g/mol. The Morgan fingerprint density at radius 3 is 2.53 bits per heavy atom. The van der Waals surface area contributed by atoms with Gasteiger partial charge in [0.1, 0.15) is 6.04 Å². The summed E-state index contributed by atoms with van der Waals surface area (Å²) in [6.45, 7) is 4.56. The van der Waals surface area contributed by atoms with Crippen molar-refractivity contribution < 1.29 is 14.5 Å². The molecule has 0 aliphatic heterocycles. The highest BCUT2D eigenvalue weighted by Crippen LogP contribution is 2.21. The maximum absolute atomic E-state index is 11.8. The molecular formula is C12H15N3O4. The number of hydrogen-bond donors (Lipinski definition) is 2. The lowest BCUT2D eigenvalue weighted by molar-refractivity contribution is -0.384. The molecule has 0 aliphatic rings. The number of nitro benzene ring substituents is 1. The molecule has 102 valence electrons. The van der Waals surface area contributed by atoms with Crippen molar-refractivity contribution in [3.63, 3.8) is 0 Å². The van der Waals surface area contributed by atoms with Gasteiger partial charge in [-0.15, -0.1) is 0 Å². The van der Waals surface area contributed by atoms with E-state index in [1.807, 2.05) is 0 Å². The molecule has 0 aliphatic carbocycles. The normalized spacial score (nSPS) is 11.5. The maximum atomic E-state index is 11.8. The van der Waals surface area contributed by atoms with Crippen LogP contribution in [-0.2, 0) is 9.59 Å². The summed E-state index contributed by atoms with van der Waals surface area (Å²) in [7, 11) is 0. The van der Waals surface area contributed by atoms with Crippen molar-refractivity contribution in [3.8, 4) is 0 Å². The van der Waals surface area contributed by atoms with E-state index in [1.54, 1.807) is 13.0 Å². The summed E-state index contributed by atoms with van der Waals surface area (Å²) in [5.41, 5.74) is 0.957. The molecule has 0 bridgehead atoms. The zero-order valence-corrected chi connectivity index (χ0v) is 10.9. The molecule has 0 radical (unpaired) electrons. The maximum Gasteiger partial charge on any atom is 0.271 e. The van der Waals surface area contributed by atoms with Crippen LogP contribution in [0.4, 0.5) is 11.4 Å². The van der Waals surface area contributed by atoms with Crippen LogP contribution < -0.4 is 10.6 Å². The first-order chi connectivity index (χ1) is 8.81. The molecule has 0 fully saturated rings. The van der Waals surface area contributed by atoms with Gasteiger partial charge in [-0.2, -0.15) is 0 Å². The van der Waals surface area contributed by atoms with Gasteiger partial charge >= 0.3 is 0 Å². The number of aryl methyl sites for hydroxylation is 1. The second kappa shape index (κ2) is 5.94. The number of hydrogen-bond acceptors (Lipinski definition) is 4. The van der Waals surface area contributed by atoms with Crippen LogP contribution in [0.25, 0.3) is 0 Å². The Morgan fingerprint density at radius 1 is 1.37 bits per heavy atom. The van der Waals surface area contributed by atoms with E-state index >= 15 is 0 Å². The largest absolute Gasteiger partial charge is 0.345 e. The zero-order valence-electron chi connectivity index (χ0n) is 10.9. The van der Waals surface area contributed by atoms with Gasteiger partial charge in [-0.25, -0.2) is 0 Å². The smallest absolute Gasteiger partial charge is 0.271 e. The van der Waals surface area contributed by atoms with Gasteiger partial charge in [0.15, 0.2) is 0 Å². The highest BCUT2D eigenvalue weighted by atomic mass is 16.6. The molecule has 1 rings (SSSR count). The quantitative estimate of drug-likeness (QED) is 0.634. The summed E-state index contributed by atoms with van der Waals surface area (Å²) >= 11 is 0. The van der Waals surface area contributed by atoms with Crippen LogP contribution in [0.15, 0.2) is 18.2 Å². The lowest BCUT2D eigenvalue weighted by atomic mass is 10.1. The molecule has 7 heteroatoms. The number of nitrogens with zero attached hydrogens (tertiary/aromatic N) is 1. The summed E-state index contributed by atoms with van der Waals surface area (Å²) in [6, 6.07) is 3.49. The van der Waals surface area contributed by atoms with Crippen LogP contribution in [0.2, 0.25) is 0 Å². The van der Waals surface area contributed by atoms with Crippen molar-refractivity contribution in [2.75, 3.05) is 5.32 Å². The van der Waals surface area contributed by atoms with Crippen LogP contribution in [0.5, 0.6) is 0 Å². The highest BCUT2D eigenvalue weighted by molar-refractivity contribution is 5.97. The molecule has 19 heavy (non-hydrogen) atoms. The molecule has 1 unspecified atom stereocenters. The summed E-state index contributed by atoms with van der Waals surface area (Å²) in [4.78, 5) is 32.8. The van der Waals surface area contributed by atoms with Gasteiger partial charge < -0.3 is 10.6 Å². The minimum Gasteiger partial charge on any atom is -0.345 e. The number of carbonyl (C=O) groups is 2. The summed E-state index contributed by atoms with van der Waals surface area (Å²) in [5, 5.41) is 15.7. The number of carbonyl (C=O) groups excluding carboxylic acids is 2. The summed E-state index contributed by atoms with van der Waals surface area (Å²) in [5.74, 6) is -0.753. The number of nitro groups is 1. The van der Waals surface area contributed by atoms with Crippen molar-refractivity contribution in [2.45, 2.75) is 26.8 Å². The van der Waals surface area contributed by atoms with Crippen molar-refractivity contribution in [1.82, 2.24) is 5.32 Å². The zero-order chi connectivity index (χ0) is 14.6. The average Bonchev–Trinajstić information content (AvgIpc) is 2.30. The molecule has 2 N–H and O–H groups in total. The van der Waals surface area contributed by atoms with E-state index in [0.29, 0.717) is 11.3 Å². The van der Waals surface area contributed by atoms with Crippen LogP contribution in [-0.4, -0.2) is 22.8 Å². The van der Waals surface area contributed by atoms with E-state index in [0.717, 1.165) is 0 Å². The third-order valence-corrected chi connectivity index (χ3v) is 2.50. The molecular weight excluding hydrogens is 250 g/mol. The van der Waals surface area contributed by atoms with Gasteiger partial charge in [0.05, 0.1) is 10.6 Å².